The van der Waals surface area contributed by atoms with Crippen molar-refractivity contribution in [1.29, 1.82) is 0 Å². The van der Waals surface area contributed by atoms with Crippen molar-refractivity contribution in [2.75, 3.05) is 34.5 Å². The molecule has 4 saturated heterocycles. The summed E-state index contributed by atoms with van der Waals surface area (Å²) in [5.41, 5.74) is -1.78. The molecule has 1 aromatic carbocycles. The summed E-state index contributed by atoms with van der Waals surface area (Å²) in [7, 11) is 0.556. The van der Waals surface area contributed by atoms with Gasteiger partial charge in [0, 0.05) is 75.9 Å². The fraction of sp³-hybridized carbons (Fsp3) is 0.831. The molecule has 0 spiro atoms. The number of benzene rings is 1. The second-order valence-corrected chi connectivity index (χ2v) is 26.5. The van der Waals surface area contributed by atoms with Gasteiger partial charge in [0.25, 0.3) is 0 Å². The van der Waals surface area contributed by atoms with Crippen molar-refractivity contribution in [3.05, 3.63) is 30.3 Å². The van der Waals surface area contributed by atoms with Crippen molar-refractivity contribution < 1.29 is 90.3 Å². The summed E-state index contributed by atoms with van der Waals surface area (Å²) >= 11 is 0. The summed E-state index contributed by atoms with van der Waals surface area (Å²) in [6.07, 6.45) is -11.7. The van der Waals surface area contributed by atoms with Gasteiger partial charge in [-0.2, -0.15) is 0 Å². The summed E-state index contributed by atoms with van der Waals surface area (Å²) < 4.78 is 93.2. The number of Topliss-reactive ketones (excluding diaryl/α,β-unsaturated/α-hetero) is 1. The molecule has 22 nitrogen and oxygen atoms in total. The molecule has 1 unspecified atom stereocenters. The maximum absolute atomic E-state index is 15.4. The molecule has 23 heteroatoms. The molecule has 1 aliphatic carbocycles. The predicted molar refractivity (Wildman–Crippen MR) is 300 cm³/mol. The first-order chi connectivity index (χ1) is 38.5. The highest BCUT2D eigenvalue weighted by Gasteiger charge is 2.52. The van der Waals surface area contributed by atoms with E-state index in [2.05, 4.69) is 21.7 Å². The van der Waals surface area contributed by atoms with Crippen LogP contribution in [0.1, 0.15) is 129 Å². The third-order valence-corrected chi connectivity index (χ3v) is 18.9. The number of hydrogen-bond acceptors (Lipinski definition) is 21. The largest absolute Gasteiger partial charge is 0.461 e. The molecule has 22 atom stereocenters. The van der Waals surface area contributed by atoms with Crippen LogP contribution in [-0.4, -0.2) is 196 Å². The molecule has 4 N–H and O–H groups in total. The first-order valence-corrected chi connectivity index (χ1v) is 30.9. The lowest BCUT2D eigenvalue weighted by Gasteiger charge is -2.45. The second-order valence-electron chi connectivity index (χ2n) is 24.8. The monoisotopic (exact) mass is 1180 g/mol. The van der Waals surface area contributed by atoms with E-state index >= 15 is 9.59 Å². The van der Waals surface area contributed by atoms with Crippen LogP contribution in [0.2, 0.25) is 0 Å². The number of methoxy groups -OCH3 is 2. The number of carbonyl (C=O) groups is 3. The number of sulfonamides is 1. The number of cyclic esters (lactones) is 1. The molecule has 4 heterocycles. The second kappa shape index (κ2) is 29.4. The number of ketones is 1. The Balaban J connectivity index is 1.38. The van der Waals surface area contributed by atoms with Crippen molar-refractivity contribution >= 4 is 33.5 Å². The standard InChI is InChI=1S/C59H97N3O19S/c1-30(2)22-45(63)78-51-37(9)50(32(4)29-74-58-54(72-15)53(71-14)47(64)40(12)77-58)80-56(67)39(11)52(36(8)49(31(3)27-59(13,68)55(66)38(51)10)81-57-48(65)44(60-73-16)24-34(6)76-57)79-46-23-33(5)62(28-35(7)75-46)42-25-41(26-42)61-82(69,70)43-20-18-17-19-21-43/h17-21,30-42,46-54,57-58,61,64-65,68H,22-29H2,1-16H3/b60-44+/t31-,32-,33?,34+,35-,36+,37-,38+,39+,40+,41?,42?,46-,47+,48+,49-,50+,51+,52-,53+,54+,57-,58+,59-/m0/s1. The van der Waals surface area contributed by atoms with Crippen molar-refractivity contribution in [2.45, 2.75) is 243 Å². The number of nitrogens with one attached hydrogen (secondary N) is 1. The van der Waals surface area contributed by atoms with Gasteiger partial charge in [-0.3, -0.25) is 19.3 Å². The predicted octanol–water partition coefficient (Wildman–Crippen LogP) is 5.15. The smallest absolute Gasteiger partial charge is 0.311 e. The first kappa shape index (κ1) is 67.9. The third-order valence-electron chi connectivity index (χ3n) is 17.3. The lowest BCUT2D eigenvalue weighted by Crippen LogP contribution is -2.59. The van der Waals surface area contributed by atoms with Gasteiger partial charge in [0.2, 0.25) is 10.0 Å². The van der Waals surface area contributed by atoms with Crippen LogP contribution in [0.5, 0.6) is 0 Å². The summed E-state index contributed by atoms with van der Waals surface area (Å²) in [6, 6.07) is 7.92. The first-order valence-electron chi connectivity index (χ1n) is 29.4. The SMILES string of the molecule is CO/N=C1\C[C@@H](C)O[C@@H](O[C@@H]2[C@@H](C)[C@H](O[C@H]3CC(C)N(C4CC(NS(=O)(=O)c5ccccc5)C4)C[C@H](C)O3)[C@@H](C)C(=O)O[C@H]([C@@H](C)CO[C@@H]3O[C@H](C)[C@@H](O)[C@@H](OC)[C@H]3OC)[C@H](C)[C@@H](OC(=O)CC(C)C)[C@@H](C)C(=O)[C@@](C)(O)C[C@@H]2C)[C@@H]1O. The third kappa shape index (κ3) is 16.6. The highest BCUT2D eigenvalue weighted by Crippen LogP contribution is 2.40. The Morgan fingerprint density at radius 2 is 1.48 bits per heavy atom. The molecule has 1 aromatic rings. The Labute approximate surface area is 486 Å². The number of carbonyl (C=O) groups excluding carboxylic acids is 3. The number of aliphatic hydroxyl groups excluding tert-OH is 2. The summed E-state index contributed by atoms with van der Waals surface area (Å²) in [5.74, 6) is -7.34. The van der Waals surface area contributed by atoms with Crippen LogP contribution in [-0.2, 0) is 76.6 Å². The van der Waals surface area contributed by atoms with Crippen LogP contribution in [0, 0.1) is 41.4 Å². The number of oxime groups is 1. The Hall–Kier alpha value is -3.27. The molecule has 4 aliphatic heterocycles. The van der Waals surface area contributed by atoms with E-state index in [9.17, 15) is 28.5 Å². The molecule has 0 amide bonds. The maximum Gasteiger partial charge on any atom is 0.311 e. The number of ether oxygens (including phenoxy) is 10. The number of rotatable bonds is 18. The van der Waals surface area contributed by atoms with Crippen molar-refractivity contribution in [3.8, 4) is 0 Å². The Bertz CT molecular complexity index is 2360. The molecule has 82 heavy (non-hydrogen) atoms. The van der Waals surface area contributed by atoms with Gasteiger partial charge in [-0.15, -0.1) is 0 Å². The minimum atomic E-state index is -3.72. The summed E-state index contributed by atoms with van der Waals surface area (Å²) in [4.78, 5) is 51.9. The molecular weight excluding hydrogens is 1090 g/mol. The van der Waals surface area contributed by atoms with Gasteiger partial charge in [-0.05, 0) is 84.8 Å². The Morgan fingerprint density at radius 1 is 0.817 bits per heavy atom. The van der Waals surface area contributed by atoms with E-state index in [1.807, 2.05) is 27.7 Å². The lowest BCUT2D eigenvalue weighted by molar-refractivity contribution is -0.305. The van der Waals surface area contributed by atoms with E-state index in [0.29, 0.717) is 25.8 Å². The van der Waals surface area contributed by atoms with Crippen molar-refractivity contribution in [3.63, 3.8) is 0 Å². The van der Waals surface area contributed by atoms with Crippen LogP contribution in [0.15, 0.2) is 40.4 Å². The average molecular weight is 1180 g/mol. The zero-order valence-corrected chi connectivity index (χ0v) is 51.9. The Morgan fingerprint density at radius 3 is 2.10 bits per heavy atom. The minimum absolute atomic E-state index is 0.0238. The molecule has 6 rings (SSSR count). The average Bonchev–Trinajstić information content (AvgIpc) is 3.07. The van der Waals surface area contributed by atoms with Gasteiger partial charge in [-0.1, -0.05) is 71.8 Å². The van der Waals surface area contributed by atoms with E-state index < -0.39 is 149 Å². The lowest BCUT2D eigenvalue weighted by atomic mass is 9.74. The minimum Gasteiger partial charge on any atom is -0.461 e. The molecule has 0 radical (unpaired) electrons. The topological polar surface area (TPSA) is 275 Å². The number of hydrogen-bond donors (Lipinski definition) is 4. The molecule has 5 fully saturated rings. The normalized spacial score (nSPS) is 41.4. The van der Waals surface area contributed by atoms with Crippen molar-refractivity contribution in [1.82, 2.24) is 9.62 Å². The molecule has 1 saturated carbocycles. The van der Waals surface area contributed by atoms with Gasteiger partial charge in [0.1, 0.15) is 49.3 Å². The summed E-state index contributed by atoms with van der Waals surface area (Å²) in [5, 5.41) is 39.3. The van der Waals surface area contributed by atoms with E-state index in [-0.39, 0.29) is 66.6 Å². The molecule has 0 bridgehead atoms. The van der Waals surface area contributed by atoms with E-state index in [4.69, 9.17) is 52.2 Å². The van der Waals surface area contributed by atoms with E-state index in [0.717, 1.165) is 0 Å². The van der Waals surface area contributed by atoms with Gasteiger partial charge in [0.15, 0.2) is 24.7 Å². The van der Waals surface area contributed by atoms with Crippen molar-refractivity contribution in [2.24, 2.45) is 46.6 Å². The molecule has 468 valence electrons. The zero-order chi connectivity index (χ0) is 60.7. The van der Waals surface area contributed by atoms with Gasteiger partial charge < -0.3 is 67.5 Å². The maximum atomic E-state index is 15.4. The molecular formula is C59H97N3O19S. The molecule has 5 aliphatic rings. The highest BCUT2D eigenvalue weighted by molar-refractivity contribution is 7.89. The fourth-order valence-electron chi connectivity index (χ4n) is 12.9. The van der Waals surface area contributed by atoms with Gasteiger partial charge in [-0.25, -0.2) is 13.1 Å². The molecule has 0 aromatic heterocycles. The van der Waals surface area contributed by atoms with Crippen LogP contribution in [0.3, 0.4) is 0 Å². The van der Waals surface area contributed by atoms with E-state index in [1.165, 1.54) is 28.3 Å². The Kier molecular flexibility index (Phi) is 24.3. The van der Waals surface area contributed by atoms with Crippen LogP contribution >= 0.6 is 0 Å². The van der Waals surface area contributed by atoms with Crippen LogP contribution in [0.25, 0.3) is 0 Å². The number of aliphatic hydroxyl groups is 3. The number of nitrogens with zero attached hydrogens (tertiary/aromatic N) is 2. The van der Waals surface area contributed by atoms with E-state index in [1.54, 1.807) is 78.8 Å². The summed E-state index contributed by atoms with van der Waals surface area (Å²) in [6.45, 7) is 23.5. The number of esters is 2. The van der Waals surface area contributed by atoms with Gasteiger partial charge >= 0.3 is 11.9 Å². The van der Waals surface area contributed by atoms with Crippen LogP contribution in [0.4, 0.5) is 0 Å². The fourth-order valence-corrected chi connectivity index (χ4v) is 14.2. The zero-order valence-electron chi connectivity index (χ0n) is 51.1. The van der Waals surface area contributed by atoms with Crippen LogP contribution < -0.4 is 4.72 Å². The quantitative estimate of drug-likeness (QED) is 0.109. The van der Waals surface area contributed by atoms with Gasteiger partial charge in [0.05, 0.1) is 59.6 Å². The highest BCUT2D eigenvalue weighted by atomic mass is 32.2.